The summed E-state index contributed by atoms with van der Waals surface area (Å²) in [5, 5.41) is 7.66. The number of pyridine rings is 1. The zero-order valence-electron chi connectivity index (χ0n) is 13.5. The zero-order chi connectivity index (χ0) is 17.2. The second-order valence-corrected chi connectivity index (χ2v) is 6.67. The molecule has 5 nitrogen and oxygen atoms in total. The van der Waals surface area contributed by atoms with E-state index >= 15 is 0 Å². The van der Waals surface area contributed by atoms with Crippen molar-refractivity contribution in [3.05, 3.63) is 23.7 Å². The van der Waals surface area contributed by atoms with Crippen molar-refractivity contribution in [3.63, 3.8) is 0 Å². The Hall–Kier alpha value is -1.61. The van der Waals surface area contributed by atoms with Crippen molar-refractivity contribution in [1.82, 2.24) is 14.6 Å². The molecule has 0 aliphatic carbocycles. The van der Waals surface area contributed by atoms with Crippen molar-refractivity contribution in [2.75, 3.05) is 0 Å². The number of nitrogens with zero attached hydrogens (tertiary/aromatic N) is 3. The average Bonchev–Trinajstić information content (AvgIpc) is 2.86. The number of fused-ring (bicyclic) bond motifs is 1. The van der Waals surface area contributed by atoms with Gasteiger partial charge < -0.3 is 9.31 Å². The molecule has 0 unspecified atom stereocenters. The summed E-state index contributed by atoms with van der Waals surface area (Å²) in [5.41, 5.74) is -1.48. The Morgan fingerprint density at radius 2 is 1.61 bits per heavy atom. The molecule has 0 bridgehead atoms. The van der Waals surface area contributed by atoms with Crippen molar-refractivity contribution in [2.45, 2.75) is 52.0 Å². The molecule has 2 aromatic heterocycles. The van der Waals surface area contributed by atoms with E-state index in [1.54, 1.807) is 0 Å². The standard InChI is InChI=1S/C14H17BF3N3O2/c1-8-19-20-11-9(6-7-10(21(8)11)14(16,17)18)15-22-12(2,3)13(4,5)23-15/h6-7H,1-5H3. The van der Waals surface area contributed by atoms with Crippen molar-refractivity contribution < 1.29 is 22.5 Å². The second kappa shape index (κ2) is 4.70. The molecule has 0 atom stereocenters. The van der Waals surface area contributed by atoms with Crippen LogP contribution in [0.1, 0.15) is 39.2 Å². The molecule has 0 amide bonds. The van der Waals surface area contributed by atoms with E-state index in [0.29, 0.717) is 5.46 Å². The summed E-state index contributed by atoms with van der Waals surface area (Å²) in [6.07, 6.45) is -4.50. The maximum Gasteiger partial charge on any atom is 0.498 e. The van der Waals surface area contributed by atoms with E-state index in [2.05, 4.69) is 10.2 Å². The van der Waals surface area contributed by atoms with E-state index in [1.165, 1.54) is 13.0 Å². The van der Waals surface area contributed by atoms with Gasteiger partial charge >= 0.3 is 13.3 Å². The lowest BCUT2D eigenvalue weighted by Gasteiger charge is -2.32. The normalized spacial score (nSPS) is 20.4. The Bertz CT molecular complexity index is 754. The first-order valence-corrected chi connectivity index (χ1v) is 7.21. The molecule has 0 aromatic carbocycles. The lowest BCUT2D eigenvalue weighted by Crippen LogP contribution is -2.41. The van der Waals surface area contributed by atoms with Crippen molar-refractivity contribution in [2.24, 2.45) is 0 Å². The van der Waals surface area contributed by atoms with Gasteiger partial charge in [-0.1, -0.05) is 6.07 Å². The van der Waals surface area contributed by atoms with Crippen LogP contribution in [0.3, 0.4) is 0 Å². The predicted octanol–water partition coefficient (Wildman–Crippen LogP) is 2.36. The van der Waals surface area contributed by atoms with Gasteiger partial charge in [0.2, 0.25) is 0 Å². The monoisotopic (exact) mass is 327 g/mol. The third-order valence-electron chi connectivity index (χ3n) is 4.54. The molecule has 3 rings (SSSR count). The molecular weight excluding hydrogens is 310 g/mol. The van der Waals surface area contributed by atoms with Crippen LogP contribution in [0, 0.1) is 6.92 Å². The molecule has 0 spiro atoms. The lowest BCUT2D eigenvalue weighted by atomic mass is 9.79. The third kappa shape index (κ3) is 2.42. The molecule has 0 radical (unpaired) electrons. The minimum Gasteiger partial charge on any atom is -0.399 e. The van der Waals surface area contributed by atoms with Crippen molar-refractivity contribution >= 4 is 18.2 Å². The number of rotatable bonds is 1. The molecule has 2 aromatic rings. The minimum atomic E-state index is -4.50. The lowest BCUT2D eigenvalue weighted by molar-refractivity contribution is -0.142. The Balaban J connectivity index is 2.15. The van der Waals surface area contributed by atoms with E-state index in [-0.39, 0.29) is 11.5 Å². The predicted molar refractivity (Wildman–Crippen MR) is 78.4 cm³/mol. The first-order valence-electron chi connectivity index (χ1n) is 7.21. The van der Waals surface area contributed by atoms with Crippen molar-refractivity contribution in [1.29, 1.82) is 0 Å². The average molecular weight is 327 g/mol. The third-order valence-corrected chi connectivity index (χ3v) is 4.54. The molecule has 1 aliphatic heterocycles. The summed E-state index contributed by atoms with van der Waals surface area (Å²) < 4.78 is 52.4. The smallest absolute Gasteiger partial charge is 0.399 e. The highest BCUT2D eigenvalue weighted by molar-refractivity contribution is 6.64. The summed E-state index contributed by atoms with van der Waals surface area (Å²) in [7, 11) is -0.798. The number of hydrogen-bond donors (Lipinski definition) is 0. The fourth-order valence-electron chi connectivity index (χ4n) is 2.53. The van der Waals surface area contributed by atoms with Crippen LogP contribution in [0.2, 0.25) is 0 Å². The zero-order valence-corrected chi connectivity index (χ0v) is 13.5. The van der Waals surface area contributed by atoms with Crippen LogP contribution in [0.25, 0.3) is 5.65 Å². The fraction of sp³-hybridized carbons (Fsp3) is 0.571. The summed E-state index contributed by atoms with van der Waals surface area (Å²) in [5.74, 6) is 0.158. The van der Waals surface area contributed by atoms with Gasteiger partial charge in [-0.15, -0.1) is 10.2 Å². The largest absolute Gasteiger partial charge is 0.498 e. The van der Waals surface area contributed by atoms with Crippen LogP contribution in [0.4, 0.5) is 13.2 Å². The molecule has 0 N–H and O–H groups in total. The Morgan fingerprint density at radius 1 is 1.04 bits per heavy atom. The van der Waals surface area contributed by atoms with Gasteiger partial charge in [0, 0.05) is 5.46 Å². The summed E-state index contributed by atoms with van der Waals surface area (Å²) >= 11 is 0. The van der Waals surface area contributed by atoms with Crippen LogP contribution in [-0.2, 0) is 15.5 Å². The highest BCUT2D eigenvalue weighted by Gasteiger charge is 2.52. The summed E-state index contributed by atoms with van der Waals surface area (Å²) in [4.78, 5) is 0. The SMILES string of the molecule is Cc1nnc2c(B3OC(C)(C)C(C)(C)O3)ccc(C(F)(F)F)n12. The number of alkyl halides is 3. The van der Waals surface area contributed by atoms with Crippen LogP contribution in [-0.4, -0.2) is 32.9 Å². The Labute approximate surface area is 131 Å². The first-order chi connectivity index (χ1) is 10.4. The van der Waals surface area contributed by atoms with E-state index in [1.807, 2.05) is 27.7 Å². The molecule has 0 saturated carbocycles. The highest BCUT2D eigenvalue weighted by atomic mass is 19.4. The number of aromatic nitrogens is 3. The molecule has 9 heteroatoms. The van der Waals surface area contributed by atoms with Gasteiger partial charge in [-0.3, -0.25) is 4.40 Å². The van der Waals surface area contributed by atoms with Crippen LogP contribution < -0.4 is 5.46 Å². The van der Waals surface area contributed by atoms with Gasteiger partial charge in [-0.05, 0) is 40.7 Å². The van der Waals surface area contributed by atoms with Crippen LogP contribution >= 0.6 is 0 Å². The maximum absolute atomic E-state index is 13.2. The Morgan fingerprint density at radius 3 is 2.13 bits per heavy atom. The molecule has 1 aliphatic rings. The molecular formula is C14H17BF3N3O2. The van der Waals surface area contributed by atoms with Gasteiger partial charge in [0.15, 0.2) is 5.65 Å². The topological polar surface area (TPSA) is 48.7 Å². The van der Waals surface area contributed by atoms with Crippen LogP contribution in [0.15, 0.2) is 12.1 Å². The van der Waals surface area contributed by atoms with Gasteiger partial charge in [-0.2, -0.15) is 13.2 Å². The number of aryl methyl sites for hydroxylation is 1. The first kappa shape index (κ1) is 16.3. The van der Waals surface area contributed by atoms with Crippen molar-refractivity contribution in [3.8, 4) is 0 Å². The summed E-state index contributed by atoms with van der Waals surface area (Å²) in [6, 6.07) is 2.35. The van der Waals surface area contributed by atoms with E-state index < -0.39 is 30.2 Å². The van der Waals surface area contributed by atoms with Crippen LogP contribution in [0.5, 0.6) is 0 Å². The Kier molecular flexibility index (Phi) is 3.32. The second-order valence-electron chi connectivity index (χ2n) is 6.67. The molecule has 1 fully saturated rings. The number of halogens is 3. The molecule has 1 saturated heterocycles. The quantitative estimate of drug-likeness (QED) is 0.755. The number of hydrogen-bond acceptors (Lipinski definition) is 4. The minimum absolute atomic E-state index is 0.0934. The van der Waals surface area contributed by atoms with Gasteiger partial charge in [0.1, 0.15) is 11.5 Å². The molecule has 23 heavy (non-hydrogen) atoms. The van der Waals surface area contributed by atoms with Gasteiger partial charge in [-0.25, -0.2) is 0 Å². The van der Waals surface area contributed by atoms with Gasteiger partial charge in [0.25, 0.3) is 0 Å². The maximum atomic E-state index is 13.2. The van der Waals surface area contributed by atoms with Gasteiger partial charge in [0.05, 0.1) is 11.2 Å². The highest BCUT2D eigenvalue weighted by Crippen LogP contribution is 2.37. The fourth-order valence-corrected chi connectivity index (χ4v) is 2.53. The van der Waals surface area contributed by atoms with E-state index in [9.17, 15) is 13.2 Å². The van der Waals surface area contributed by atoms with E-state index in [0.717, 1.165) is 10.5 Å². The molecule has 3 heterocycles. The molecule has 124 valence electrons. The summed E-state index contributed by atoms with van der Waals surface area (Å²) in [6.45, 7) is 8.99. The van der Waals surface area contributed by atoms with E-state index in [4.69, 9.17) is 9.31 Å².